The second-order valence-electron chi connectivity index (χ2n) is 5.73. The molecular weight excluding hydrogens is 224 g/mol. The van der Waals surface area contributed by atoms with E-state index in [9.17, 15) is 4.79 Å². The third-order valence-electron chi connectivity index (χ3n) is 3.15. The summed E-state index contributed by atoms with van der Waals surface area (Å²) in [5.41, 5.74) is 1.35. The number of allylic oxidation sites excluding steroid dienone is 2. The number of hydrogen-bond donors (Lipinski definition) is 1. The maximum atomic E-state index is 11.7. The van der Waals surface area contributed by atoms with Crippen LogP contribution in [0.1, 0.15) is 47.0 Å². The van der Waals surface area contributed by atoms with Crippen LogP contribution in [0.5, 0.6) is 0 Å². The number of hydrogen-bond acceptors (Lipinski definition) is 1. The quantitative estimate of drug-likeness (QED) is 0.653. The van der Waals surface area contributed by atoms with Crippen LogP contribution in [0.15, 0.2) is 11.6 Å². The minimum atomic E-state index is 0.202. The van der Waals surface area contributed by atoms with Crippen molar-refractivity contribution in [3.8, 4) is 0 Å². The van der Waals surface area contributed by atoms with E-state index in [4.69, 9.17) is 0 Å². The first-order valence-corrected chi connectivity index (χ1v) is 7.04. The smallest absolute Gasteiger partial charge is 0.219 e. The summed E-state index contributed by atoms with van der Waals surface area (Å²) < 4.78 is 0. The normalized spacial score (nSPS) is 12.4. The minimum absolute atomic E-state index is 0.202. The summed E-state index contributed by atoms with van der Waals surface area (Å²) in [5.74, 6) is 0.202. The number of amides is 1. The Hall–Kier alpha value is -0.830. The van der Waals surface area contributed by atoms with Crippen molar-refractivity contribution in [1.29, 1.82) is 0 Å². The lowest BCUT2D eigenvalue weighted by molar-refractivity contribution is -0.858. The molecule has 0 aliphatic carbocycles. The standard InChI is InChI=1S/C15H30N2O/c1-13(2)9-7-10-14(3)17(15(4)18)12-8-11-16(5)6/h9,14H,7-8,10-12H2,1-6H3/p+1/t14-/m1/s1. The number of carbonyl (C=O) groups excluding carboxylic acids is 1. The number of rotatable bonds is 8. The molecule has 18 heavy (non-hydrogen) atoms. The predicted octanol–water partition coefficient (Wildman–Crippen LogP) is 1.50. The molecule has 0 saturated heterocycles. The van der Waals surface area contributed by atoms with Crippen molar-refractivity contribution in [3.05, 3.63) is 11.6 Å². The molecule has 0 rings (SSSR count). The lowest BCUT2D eigenvalue weighted by Gasteiger charge is -2.28. The first-order valence-electron chi connectivity index (χ1n) is 7.04. The van der Waals surface area contributed by atoms with Gasteiger partial charge in [-0.2, -0.15) is 0 Å². The SMILES string of the molecule is CC(=O)N(CCC[NH+](C)C)[C@H](C)CCC=C(C)C. The molecule has 1 amide bonds. The molecule has 0 radical (unpaired) electrons. The van der Waals surface area contributed by atoms with Crippen LogP contribution in [-0.4, -0.2) is 44.0 Å². The van der Waals surface area contributed by atoms with Gasteiger partial charge in [0.2, 0.25) is 5.91 Å². The number of nitrogens with zero attached hydrogens (tertiary/aromatic N) is 1. The molecule has 0 heterocycles. The van der Waals surface area contributed by atoms with Gasteiger partial charge < -0.3 is 9.80 Å². The van der Waals surface area contributed by atoms with E-state index in [0.717, 1.165) is 32.4 Å². The van der Waals surface area contributed by atoms with Crippen molar-refractivity contribution in [2.24, 2.45) is 0 Å². The first-order chi connectivity index (χ1) is 8.34. The minimum Gasteiger partial charge on any atom is -0.340 e. The molecule has 0 aromatic carbocycles. The highest BCUT2D eigenvalue weighted by molar-refractivity contribution is 5.73. The number of quaternary nitrogens is 1. The lowest BCUT2D eigenvalue weighted by atomic mass is 10.1. The average Bonchev–Trinajstić information content (AvgIpc) is 2.22. The van der Waals surface area contributed by atoms with Crippen molar-refractivity contribution in [1.82, 2.24) is 4.90 Å². The highest BCUT2D eigenvalue weighted by atomic mass is 16.2. The molecule has 3 nitrogen and oxygen atoms in total. The van der Waals surface area contributed by atoms with Crippen molar-refractivity contribution in [2.45, 2.75) is 53.0 Å². The Morgan fingerprint density at radius 3 is 2.33 bits per heavy atom. The van der Waals surface area contributed by atoms with Gasteiger partial charge in [0, 0.05) is 25.9 Å². The van der Waals surface area contributed by atoms with Gasteiger partial charge in [-0.3, -0.25) is 4.79 Å². The van der Waals surface area contributed by atoms with Gasteiger partial charge >= 0.3 is 0 Å². The summed E-state index contributed by atoms with van der Waals surface area (Å²) in [4.78, 5) is 15.1. The highest BCUT2D eigenvalue weighted by Gasteiger charge is 2.15. The summed E-state index contributed by atoms with van der Waals surface area (Å²) >= 11 is 0. The summed E-state index contributed by atoms with van der Waals surface area (Å²) in [6.07, 6.45) is 5.44. The molecule has 0 unspecified atom stereocenters. The monoisotopic (exact) mass is 255 g/mol. The summed E-state index contributed by atoms with van der Waals surface area (Å²) in [7, 11) is 4.30. The largest absolute Gasteiger partial charge is 0.340 e. The number of carbonyl (C=O) groups is 1. The van der Waals surface area contributed by atoms with E-state index in [0.29, 0.717) is 6.04 Å². The Bertz CT molecular complexity index is 268. The number of nitrogens with one attached hydrogen (secondary N) is 1. The van der Waals surface area contributed by atoms with Gasteiger partial charge in [-0.15, -0.1) is 0 Å². The van der Waals surface area contributed by atoms with Crippen LogP contribution in [0.2, 0.25) is 0 Å². The Morgan fingerprint density at radius 2 is 1.89 bits per heavy atom. The Labute approximate surface area is 113 Å². The van der Waals surface area contributed by atoms with Crippen LogP contribution in [0.3, 0.4) is 0 Å². The zero-order valence-corrected chi connectivity index (χ0v) is 13.0. The molecule has 0 saturated carbocycles. The van der Waals surface area contributed by atoms with Gasteiger partial charge in [0.1, 0.15) is 0 Å². The molecule has 3 heteroatoms. The van der Waals surface area contributed by atoms with Gasteiger partial charge in [0.05, 0.1) is 20.6 Å². The van der Waals surface area contributed by atoms with Gasteiger partial charge in [-0.1, -0.05) is 11.6 Å². The molecule has 0 aromatic heterocycles. The van der Waals surface area contributed by atoms with Gasteiger partial charge in [-0.05, 0) is 33.6 Å². The fraction of sp³-hybridized carbons (Fsp3) is 0.800. The van der Waals surface area contributed by atoms with Gasteiger partial charge in [-0.25, -0.2) is 0 Å². The Kier molecular flexibility index (Phi) is 8.73. The third-order valence-corrected chi connectivity index (χ3v) is 3.15. The second-order valence-corrected chi connectivity index (χ2v) is 5.73. The Morgan fingerprint density at radius 1 is 1.28 bits per heavy atom. The average molecular weight is 255 g/mol. The second kappa shape index (κ2) is 9.15. The van der Waals surface area contributed by atoms with Crippen LogP contribution in [0, 0.1) is 0 Å². The maximum absolute atomic E-state index is 11.7. The molecule has 0 aliphatic heterocycles. The van der Waals surface area contributed by atoms with Crippen molar-refractivity contribution in [2.75, 3.05) is 27.2 Å². The third kappa shape index (κ3) is 8.29. The predicted molar refractivity (Wildman–Crippen MR) is 77.8 cm³/mol. The van der Waals surface area contributed by atoms with E-state index in [1.807, 2.05) is 4.90 Å². The molecule has 0 bridgehead atoms. The molecule has 1 atom stereocenters. The van der Waals surface area contributed by atoms with E-state index >= 15 is 0 Å². The molecule has 0 aliphatic rings. The van der Waals surface area contributed by atoms with Crippen LogP contribution >= 0.6 is 0 Å². The van der Waals surface area contributed by atoms with Crippen molar-refractivity contribution < 1.29 is 9.69 Å². The summed E-state index contributed by atoms with van der Waals surface area (Å²) in [6.45, 7) is 10.1. The van der Waals surface area contributed by atoms with Crippen LogP contribution in [0.25, 0.3) is 0 Å². The zero-order valence-electron chi connectivity index (χ0n) is 13.0. The van der Waals surface area contributed by atoms with Crippen LogP contribution < -0.4 is 4.90 Å². The first kappa shape index (κ1) is 17.2. The van der Waals surface area contributed by atoms with E-state index in [-0.39, 0.29) is 5.91 Å². The highest BCUT2D eigenvalue weighted by Crippen LogP contribution is 2.09. The summed E-state index contributed by atoms with van der Waals surface area (Å²) in [5, 5.41) is 0. The topological polar surface area (TPSA) is 24.8 Å². The van der Waals surface area contributed by atoms with Crippen LogP contribution in [-0.2, 0) is 4.79 Å². The molecule has 106 valence electrons. The van der Waals surface area contributed by atoms with Gasteiger partial charge in [0.25, 0.3) is 0 Å². The molecule has 0 spiro atoms. The van der Waals surface area contributed by atoms with Crippen LogP contribution in [0.4, 0.5) is 0 Å². The van der Waals surface area contributed by atoms with Crippen molar-refractivity contribution >= 4 is 5.91 Å². The van der Waals surface area contributed by atoms with E-state index in [1.165, 1.54) is 10.5 Å². The summed E-state index contributed by atoms with van der Waals surface area (Å²) in [6, 6.07) is 0.343. The van der Waals surface area contributed by atoms with Gasteiger partial charge in [0.15, 0.2) is 0 Å². The maximum Gasteiger partial charge on any atom is 0.219 e. The fourth-order valence-corrected chi connectivity index (χ4v) is 2.06. The molecule has 0 fully saturated rings. The Balaban J connectivity index is 4.15. The molecular formula is C15H31N2O+. The van der Waals surface area contributed by atoms with E-state index in [1.54, 1.807) is 6.92 Å². The fourth-order valence-electron chi connectivity index (χ4n) is 2.06. The van der Waals surface area contributed by atoms with E-state index < -0.39 is 0 Å². The zero-order chi connectivity index (χ0) is 14.1. The molecule has 0 aromatic rings. The lowest BCUT2D eigenvalue weighted by Crippen LogP contribution is -3.05. The molecule has 1 N–H and O–H groups in total. The van der Waals surface area contributed by atoms with Crippen molar-refractivity contribution in [3.63, 3.8) is 0 Å². The van der Waals surface area contributed by atoms with E-state index in [2.05, 4.69) is 40.9 Å².